The highest BCUT2D eigenvalue weighted by Crippen LogP contribution is 2.21. The smallest absolute Gasteiger partial charge is 0.251 e. The second-order valence-electron chi connectivity index (χ2n) is 5.18. The van der Waals surface area contributed by atoms with Crippen molar-refractivity contribution in [2.45, 2.75) is 32.0 Å². The molecule has 0 spiro atoms. The van der Waals surface area contributed by atoms with E-state index in [1.165, 1.54) is 4.31 Å². The van der Waals surface area contributed by atoms with Gasteiger partial charge >= 0.3 is 0 Å². The second kappa shape index (κ2) is 7.73. The van der Waals surface area contributed by atoms with E-state index in [2.05, 4.69) is 0 Å². The molecule has 0 aliphatic carbocycles. The summed E-state index contributed by atoms with van der Waals surface area (Å²) in [5.41, 5.74) is 5.53. The number of sulfonamides is 1. The normalized spacial score (nSPS) is 27.4. The van der Waals surface area contributed by atoms with Gasteiger partial charge in [-0.1, -0.05) is 0 Å². The van der Waals surface area contributed by atoms with Gasteiger partial charge in [0.15, 0.2) is 0 Å². The standard InChI is InChI=1S/C12H23N3O4S.ClH/c1-2-20(17,18)15-7-5-14(6-8-15)12(16)11-4-3-10(9-13)19-11;/h10-11H,2-9,13H2,1H3;1H/t10-,11+;/m1./s1. The van der Waals surface area contributed by atoms with Gasteiger partial charge in [-0.2, -0.15) is 4.31 Å². The Morgan fingerprint density at radius 2 is 1.86 bits per heavy atom. The van der Waals surface area contributed by atoms with E-state index in [0.717, 1.165) is 6.42 Å². The molecule has 2 rings (SSSR count). The fourth-order valence-electron chi connectivity index (χ4n) is 2.63. The summed E-state index contributed by atoms with van der Waals surface area (Å²) >= 11 is 0. The van der Waals surface area contributed by atoms with Crippen molar-refractivity contribution in [2.24, 2.45) is 5.73 Å². The van der Waals surface area contributed by atoms with Crippen LogP contribution in [0.2, 0.25) is 0 Å². The van der Waals surface area contributed by atoms with Crippen LogP contribution < -0.4 is 5.73 Å². The number of nitrogens with zero attached hydrogens (tertiary/aromatic N) is 2. The van der Waals surface area contributed by atoms with E-state index in [4.69, 9.17) is 10.5 Å². The highest BCUT2D eigenvalue weighted by Gasteiger charge is 2.35. The summed E-state index contributed by atoms with van der Waals surface area (Å²) in [4.78, 5) is 14.0. The summed E-state index contributed by atoms with van der Waals surface area (Å²) in [7, 11) is -3.15. The van der Waals surface area contributed by atoms with E-state index in [9.17, 15) is 13.2 Å². The fraction of sp³-hybridized carbons (Fsp3) is 0.917. The fourth-order valence-corrected chi connectivity index (χ4v) is 3.72. The third-order valence-corrected chi connectivity index (χ3v) is 5.84. The summed E-state index contributed by atoms with van der Waals surface area (Å²) in [6.07, 6.45) is 1.09. The average Bonchev–Trinajstić information content (AvgIpc) is 2.95. The average molecular weight is 342 g/mol. The van der Waals surface area contributed by atoms with E-state index < -0.39 is 16.1 Å². The zero-order valence-electron chi connectivity index (χ0n) is 12.2. The van der Waals surface area contributed by atoms with Gasteiger partial charge in [-0.15, -0.1) is 12.4 Å². The Labute approximate surface area is 132 Å². The molecule has 0 aromatic carbocycles. The van der Waals surface area contributed by atoms with Crippen molar-refractivity contribution in [3.63, 3.8) is 0 Å². The highest BCUT2D eigenvalue weighted by molar-refractivity contribution is 7.89. The third-order valence-electron chi connectivity index (χ3n) is 3.95. The van der Waals surface area contributed by atoms with Crippen molar-refractivity contribution in [2.75, 3.05) is 38.5 Å². The lowest BCUT2D eigenvalue weighted by molar-refractivity contribution is -0.143. The molecule has 2 aliphatic rings. The topological polar surface area (TPSA) is 92.9 Å². The maximum atomic E-state index is 12.3. The van der Waals surface area contributed by atoms with Crippen LogP contribution in [0.25, 0.3) is 0 Å². The Hall–Kier alpha value is -0.410. The minimum absolute atomic E-state index is 0. The molecule has 2 N–H and O–H groups in total. The number of carbonyl (C=O) groups is 1. The molecule has 21 heavy (non-hydrogen) atoms. The van der Waals surface area contributed by atoms with Gasteiger partial charge < -0.3 is 15.4 Å². The summed E-state index contributed by atoms with van der Waals surface area (Å²) in [5.74, 6) is 0.0692. The van der Waals surface area contributed by atoms with Crippen LogP contribution in [0.4, 0.5) is 0 Å². The zero-order valence-corrected chi connectivity index (χ0v) is 13.9. The summed E-state index contributed by atoms with van der Waals surface area (Å²) in [6.45, 7) is 3.68. The van der Waals surface area contributed by atoms with Gasteiger partial charge in [0, 0.05) is 32.7 Å². The first-order valence-corrected chi connectivity index (χ1v) is 8.71. The van der Waals surface area contributed by atoms with Gasteiger partial charge in [-0.3, -0.25) is 4.79 Å². The number of amides is 1. The van der Waals surface area contributed by atoms with Gasteiger partial charge in [-0.05, 0) is 19.8 Å². The molecule has 1 amide bonds. The van der Waals surface area contributed by atoms with Crippen LogP contribution in [-0.4, -0.2) is 74.2 Å². The maximum absolute atomic E-state index is 12.3. The van der Waals surface area contributed by atoms with Crippen molar-refractivity contribution in [1.29, 1.82) is 0 Å². The minimum atomic E-state index is -3.15. The van der Waals surface area contributed by atoms with Gasteiger partial charge in [0.25, 0.3) is 5.91 Å². The Bertz CT molecular complexity index is 451. The molecule has 0 aromatic rings. The van der Waals surface area contributed by atoms with Gasteiger partial charge in [0.1, 0.15) is 6.10 Å². The van der Waals surface area contributed by atoms with Crippen LogP contribution in [0.3, 0.4) is 0 Å². The molecule has 0 saturated carbocycles. The molecule has 0 unspecified atom stereocenters. The van der Waals surface area contributed by atoms with Crippen molar-refractivity contribution in [1.82, 2.24) is 9.21 Å². The first-order chi connectivity index (χ1) is 9.47. The molecule has 0 radical (unpaired) electrons. The van der Waals surface area contributed by atoms with Gasteiger partial charge in [0.05, 0.1) is 11.9 Å². The lowest BCUT2D eigenvalue weighted by atomic mass is 10.1. The Balaban J connectivity index is 0.00000220. The van der Waals surface area contributed by atoms with Gasteiger partial charge in [0.2, 0.25) is 10.0 Å². The number of piperazine rings is 1. The lowest BCUT2D eigenvalue weighted by Gasteiger charge is -2.35. The predicted octanol–water partition coefficient (Wildman–Crippen LogP) is -0.592. The van der Waals surface area contributed by atoms with Crippen LogP contribution in [0.15, 0.2) is 0 Å². The molecular formula is C12H24ClN3O4S. The van der Waals surface area contributed by atoms with Crippen LogP contribution in [0.1, 0.15) is 19.8 Å². The minimum Gasteiger partial charge on any atom is -0.364 e. The van der Waals surface area contributed by atoms with Crippen LogP contribution in [-0.2, 0) is 19.6 Å². The largest absolute Gasteiger partial charge is 0.364 e. The second-order valence-corrected chi connectivity index (χ2v) is 7.44. The first kappa shape index (κ1) is 18.6. The molecule has 0 aromatic heterocycles. The number of hydrogen-bond donors (Lipinski definition) is 1. The zero-order chi connectivity index (χ0) is 14.8. The molecule has 7 nitrogen and oxygen atoms in total. The molecule has 0 bridgehead atoms. The molecule has 2 fully saturated rings. The van der Waals surface area contributed by atoms with Crippen LogP contribution in [0.5, 0.6) is 0 Å². The summed E-state index contributed by atoms with van der Waals surface area (Å²) in [6, 6.07) is 0. The van der Waals surface area contributed by atoms with Crippen LogP contribution >= 0.6 is 12.4 Å². The number of hydrogen-bond acceptors (Lipinski definition) is 5. The van der Waals surface area contributed by atoms with E-state index in [0.29, 0.717) is 39.1 Å². The summed E-state index contributed by atoms with van der Waals surface area (Å²) < 4.78 is 30.6. The van der Waals surface area contributed by atoms with E-state index in [1.54, 1.807) is 11.8 Å². The SMILES string of the molecule is CCS(=O)(=O)N1CCN(C(=O)[C@@H]2CC[C@H](CN)O2)CC1.Cl. The summed E-state index contributed by atoms with van der Waals surface area (Å²) in [5, 5.41) is 0. The van der Waals surface area contributed by atoms with Crippen molar-refractivity contribution in [3.8, 4) is 0 Å². The van der Waals surface area contributed by atoms with Crippen molar-refractivity contribution >= 4 is 28.3 Å². The van der Waals surface area contributed by atoms with E-state index in [-0.39, 0.29) is 30.2 Å². The number of ether oxygens (including phenoxy) is 1. The van der Waals surface area contributed by atoms with E-state index in [1.807, 2.05) is 0 Å². The quantitative estimate of drug-likeness (QED) is 0.737. The van der Waals surface area contributed by atoms with Crippen LogP contribution in [0, 0.1) is 0 Å². The predicted molar refractivity (Wildman–Crippen MR) is 81.8 cm³/mol. The molecule has 2 heterocycles. The first-order valence-electron chi connectivity index (χ1n) is 7.10. The molecule has 124 valence electrons. The number of carbonyl (C=O) groups excluding carboxylic acids is 1. The third kappa shape index (κ3) is 4.29. The Morgan fingerprint density at radius 1 is 1.24 bits per heavy atom. The Kier molecular flexibility index (Phi) is 6.86. The van der Waals surface area contributed by atoms with Crippen molar-refractivity contribution in [3.05, 3.63) is 0 Å². The number of nitrogens with two attached hydrogens (primary N) is 1. The molecule has 2 saturated heterocycles. The van der Waals surface area contributed by atoms with Crippen molar-refractivity contribution < 1.29 is 17.9 Å². The molecular weight excluding hydrogens is 318 g/mol. The number of halogens is 1. The number of rotatable bonds is 4. The Morgan fingerprint density at radius 3 is 2.33 bits per heavy atom. The van der Waals surface area contributed by atoms with Gasteiger partial charge in [-0.25, -0.2) is 8.42 Å². The molecule has 2 atom stereocenters. The van der Waals surface area contributed by atoms with E-state index >= 15 is 0 Å². The monoisotopic (exact) mass is 341 g/mol. The molecule has 2 aliphatic heterocycles. The highest BCUT2D eigenvalue weighted by atomic mass is 35.5. The molecule has 9 heteroatoms. The lowest BCUT2D eigenvalue weighted by Crippen LogP contribution is -2.53. The maximum Gasteiger partial charge on any atom is 0.251 e.